The van der Waals surface area contributed by atoms with Crippen molar-refractivity contribution < 1.29 is 4.84 Å². The molecule has 112 valence electrons. The van der Waals surface area contributed by atoms with Gasteiger partial charge in [-0.2, -0.15) is 5.48 Å². The van der Waals surface area contributed by atoms with Gasteiger partial charge in [0.05, 0.1) is 12.6 Å². The molecule has 0 fully saturated rings. The van der Waals surface area contributed by atoms with Crippen molar-refractivity contribution >= 4 is 0 Å². The third-order valence-corrected chi connectivity index (χ3v) is 3.49. The average molecular weight is 283 g/mol. The zero-order valence-corrected chi connectivity index (χ0v) is 13.4. The van der Waals surface area contributed by atoms with Gasteiger partial charge in [-0.3, -0.25) is 0 Å². The standard InChI is InChI=1S/C19H25NO/c1-14(2)13-21-20-19(17-8-6-5-7-9-17)18-11-10-15(3)12-16(18)4/h5-12,14,19-20H,13H2,1-4H3. The van der Waals surface area contributed by atoms with Crippen LogP contribution in [0.3, 0.4) is 0 Å². The highest BCUT2D eigenvalue weighted by Crippen LogP contribution is 2.25. The molecule has 0 aliphatic rings. The topological polar surface area (TPSA) is 21.3 Å². The number of benzene rings is 2. The lowest BCUT2D eigenvalue weighted by molar-refractivity contribution is 0.00828. The van der Waals surface area contributed by atoms with E-state index in [9.17, 15) is 0 Å². The highest BCUT2D eigenvalue weighted by atomic mass is 16.6. The number of hydrogen-bond acceptors (Lipinski definition) is 2. The summed E-state index contributed by atoms with van der Waals surface area (Å²) in [5.74, 6) is 0.507. The number of aryl methyl sites for hydroxylation is 2. The Morgan fingerprint density at radius 3 is 2.33 bits per heavy atom. The molecular formula is C19H25NO. The Labute approximate surface area is 128 Å². The highest BCUT2D eigenvalue weighted by molar-refractivity contribution is 5.38. The second-order valence-corrected chi connectivity index (χ2v) is 6.03. The smallest absolute Gasteiger partial charge is 0.0824 e. The summed E-state index contributed by atoms with van der Waals surface area (Å²) in [5.41, 5.74) is 8.29. The van der Waals surface area contributed by atoms with Gasteiger partial charge in [0.15, 0.2) is 0 Å². The van der Waals surface area contributed by atoms with Crippen LogP contribution in [0.5, 0.6) is 0 Å². The van der Waals surface area contributed by atoms with Crippen LogP contribution < -0.4 is 5.48 Å². The predicted octanol–water partition coefficient (Wildman–Crippen LogP) is 4.57. The highest BCUT2D eigenvalue weighted by Gasteiger charge is 2.16. The predicted molar refractivity (Wildman–Crippen MR) is 88.1 cm³/mol. The quantitative estimate of drug-likeness (QED) is 0.784. The first-order valence-electron chi connectivity index (χ1n) is 7.57. The van der Waals surface area contributed by atoms with Gasteiger partial charge in [0.25, 0.3) is 0 Å². The van der Waals surface area contributed by atoms with Gasteiger partial charge in [0, 0.05) is 0 Å². The minimum atomic E-state index is 0.0607. The van der Waals surface area contributed by atoms with Crippen molar-refractivity contribution in [3.8, 4) is 0 Å². The van der Waals surface area contributed by atoms with Gasteiger partial charge < -0.3 is 4.84 Å². The van der Waals surface area contributed by atoms with Gasteiger partial charge >= 0.3 is 0 Å². The minimum Gasteiger partial charge on any atom is -0.301 e. The molecular weight excluding hydrogens is 258 g/mol. The molecule has 0 aliphatic carbocycles. The summed E-state index contributed by atoms with van der Waals surface area (Å²) in [4.78, 5) is 5.70. The molecule has 2 aromatic rings. The second-order valence-electron chi connectivity index (χ2n) is 6.03. The van der Waals surface area contributed by atoms with Crippen LogP contribution in [0.1, 0.15) is 42.1 Å². The van der Waals surface area contributed by atoms with Gasteiger partial charge in [-0.15, -0.1) is 0 Å². The normalized spacial score (nSPS) is 12.6. The van der Waals surface area contributed by atoms with Crippen molar-refractivity contribution in [2.24, 2.45) is 5.92 Å². The van der Waals surface area contributed by atoms with Crippen LogP contribution in [-0.4, -0.2) is 6.61 Å². The fourth-order valence-corrected chi connectivity index (χ4v) is 2.40. The van der Waals surface area contributed by atoms with E-state index in [4.69, 9.17) is 4.84 Å². The molecule has 2 nitrogen and oxygen atoms in total. The van der Waals surface area contributed by atoms with E-state index < -0.39 is 0 Å². The first kappa shape index (κ1) is 15.7. The molecule has 0 amide bonds. The maximum atomic E-state index is 5.70. The van der Waals surface area contributed by atoms with E-state index in [1.807, 2.05) is 6.07 Å². The summed E-state index contributed by atoms with van der Waals surface area (Å²) in [6.07, 6.45) is 0. The third-order valence-electron chi connectivity index (χ3n) is 3.49. The molecule has 0 aliphatic heterocycles. The summed E-state index contributed by atoms with van der Waals surface area (Å²) in [6, 6.07) is 17.1. The molecule has 1 N–H and O–H groups in total. The largest absolute Gasteiger partial charge is 0.301 e. The van der Waals surface area contributed by atoms with Gasteiger partial charge in [-0.25, -0.2) is 0 Å². The van der Waals surface area contributed by atoms with Crippen LogP contribution in [0.2, 0.25) is 0 Å². The van der Waals surface area contributed by atoms with E-state index in [2.05, 4.69) is 75.6 Å². The maximum Gasteiger partial charge on any atom is 0.0824 e. The molecule has 0 aromatic heterocycles. The zero-order valence-electron chi connectivity index (χ0n) is 13.4. The molecule has 21 heavy (non-hydrogen) atoms. The van der Waals surface area contributed by atoms with Crippen molar-refractivity contribution in [3.05, 3.63) is 70.8 Å². The third kappa shape index (κ3) is 4.42. The molecule has 2 aromatic carbocycles. The van der Waals surface area contributed by atoms with Crippen LogP contribution in [-0.2, 0) is 4.84 Å². The van der Waals surface area contributed by atoms with Gasteiger partial charge in [0.2, 0.25) is 0 Å². The van der Waals surface area contributed by atoms with E-state index in [0.29, 0.717) is 12.5 Å². The number of nitrogens with one attached hydrogen (secondary N) is 1. The van der Waals surface area contributed by atoms with Crippen LogP contribution in [0.25, 0.3) is 0 Å². The molecule has 0 saturated carbocycles. The van der Waals surface area contributed by atoms with E-state index in [0.717, 1.165) is 0 Å². The fourth-order valence-electron chi connectivity index (χ4n) is 2.40. The van der Waals surface area contributed by atoms with E-state index in [1.54, 1.807) is 0 Å². The molecule has 0 bridgehead atoms. The summed E-state index contributed by atoms with van der Waals surface area (Å²) in [5, 5.41) is 0. The van der Waals surface area contributed by atoms with Crippen molar-refractivity contribution in [2.75, 3.05) is 6.61 Å². The van der Waals surface area contributed by atoms with Crippen molar-refractivity contribution in [1.29, 1.82) is 0 Å². The monoisotopic (exact) mass is 283 g/mol. The van der Waals surface area contributed by atoms with Crippen molar-refractivity contribution in [2.45, 2.75) is 33.7 Å². The van der Waals surface area contributed by atoms with Crippen molar-refractivity contribution in [3.63, 3.8) is 0 Å². The second kappa shape index (κ2) is 7.39. The zero-order chi connectivity index (χ0) is 15.2. The Morgan fingerprint density at radius 1 is 1.00 bits per heavy atom. The molecule has 0 spiro atoms. The average Bonchev–Trinajstić information content (AvgIpc) is 2.45. The molecule has 0 saturated heterocycles. The Hall–Kier alpha value is -1.64. The van der Waals surface area contributed by atoms with Crippen LogP contribution in [0.15, 0.2) is 48.5 Å². The Morgan fingerprint density at radius 2 is 1.71 bits per heavy atom. The Kier molecular flexibility index (Phi) is 5.54. The lowest BCUT2D eigenvalue weighted by Gasteiger charge is -2.22. The lowest BCUT2D eigenvalue weighted by Crippen LogP contribution is -2.25. The molecule has 2 rings (SSSR count). The molecule has 2 heteroatoms. The fraction of sp³-hybridized carbons (Fsp3) is 0.368. The number of hydroxylamine groups is 1. The van der Waals surface area contributed by atoms with Crippen LogP contribution in [0, 0.1) is 19.8 Å². The molecule has 1 atom stereocenters. The maximum absolute atomic E-state index is 5.70. The lowest BCUT2D eigenvalue weighted by atomic mass is 9.94. The molecule has 0 radical (unpaired) electrons. The number of hydrogen-bond donors (Lipinski definition) is 1. The Bertz CT molecular complexity index is 563. The molecule has 1 unspecified atom stereocenters. The first-order valence-corrected chi connectivity index (χ1v) is 7.57. The summed E-state index contributed by atoms with van der Waals surface area (Å²) >= 11 is 0. The van der Waals surface area contributed by atoms with E-state index in [-0.39, 0.29) is 6.04 Å². The Balaban J connectivity index is 2.27. The van der Waals surface area contributed by atoms with Crippen molar-refractivity contribution in [1.82, 2.24) is 5.48 Å². The summed E-state index contributed by atoms with van der Waals surface area (Å²) in [6.45, 7) is 9.28. The summed E-state index contributed by atoms with van der Waals surface area (Å²) in [7, 11) is 0. The van der Waals surface area contributed by atoms with Gasteiger partial charge in [-0.1, -0.05) is 67.9 Å². The van der Waals surface area contributed by atoms with Crippen LogP contribution >= 0.6 is 0 Å². The van der Waals surface area contributed by atoms with Gasteiger partial charge in [-0.05, 0) is 36.5 Å². The first-order chi connectivity index (χ1) is 10.1. The minimum absolute atomic E-state index is 0.0607. The van der Waals surface area contributed by atoms with Gasteiger partial charge in [0.1, 0.15) is 0 Å². The molecule has 0 heterocycles. The number of rotatable bonds is 6. The SMILES string of the molecule is Cc1ccc(C(NOCC(C)C)c2ccccc2)c(C)c1. The van der Waals surface area contributed by atoms with E-state index >= 15 is 0 Å². The van der Waals surface area contributed by atoms with E-state index in [1.165, 1.54) is 22.3 Å². The van der Waals surface area contributed by atoms with Crippen LogP contribution in [0.4, 0.5) is 0 Å². The summed E-state index contributed by atoms with van der Waals surface area (Å²) < 4.78 is 0.